The number of nitriles is 1. The summed E-state index contributed by atoms with van der Waals surface area (Å²) in [6.07, 6.45) is 7.71. The van der Waals surface area contributed by atoms with Gasteiger partial charge in [-0.2, -0.15) is 5.26 Å². The van der Waals surface area contributed by atoms with Gasteiger partial charge in [-0.25, -0.2) is 0 Å². The van der Waals surface area contributed by atoms with Crippen LogP contribution in [0.15, 0.2) is 24.3 Å². The number of carbonyl (C=O) groups is 1. The van der Waals surface area contributed by atoms with Gasteiger partial charge in [0.1, 0.15) is 6.29 Å². The van der Waals surface area contributed by atoms with E-state index >= 15 is 0 Å². The predicted molar refractivity (Wildman–Crippen MR) is 71.2 cm³/mol. The van der Waals surface area contributed by atoms with Gasteiger partial charge in [0.25, 0.3) is 0 Å². The molecule has 0 unspecified atom stereocenters. The molecule has 2 nitrogen and oxygen atoms in total. The third kappa shape index (κ3) is 3.20. The van der Waals surface area contributed by atoms with Gasteiger partial charge in [0, 0.05) is 6.42 Å². The molecular formula is C16H19NO. The van der Waals surface area contributed by atoms with Crippen LogP contribution in [0.25, 0.3) is 0 Å². The Bertz CT molecular complexity index is 421. The molecule has 1 aromatic rings. The number of hydrogen-bond acceptors (Lipinski definition) is 2. The van der Waals surface area contributed by atoms with Gasteiger partial charge < -0.3 is 4.79 Å². The number of carbonyl (C=O) groups excluding carboxylic acids is 1. The van der Waals surface area contributed by atoms with E-state index in [-0.39, 0.29) is 0 Å². The van der Waals surface area contributed by atoms with E-state index in [0.717, 1.165) is 24.2 Å². The van der Waals surface area contributed by atoms with Crippen LogP contribution in [0.3, 0.4) is 0 Å². The van der Waals surface area contributed by atoms with Crippen molar-refractivity contribution in [2.45, 2.75) is 44.4 Å². The van der Waals surface area contributed by atoms with Crippen molar-refractivity contribution in [1.82, 2.24) is 0 Å². The first-order valence-electron chi connectivity index (χ1n) is 6.77. The summed E-state index contributed by atoms with van der Waals surface area (Å²) in [5.41, 5.74) is 2.10. The Morgan fingerprint density at radius 1 is 1.17 bits per heavy atom. The van der Waals surface area contributed by atoms with E-state index in [0.29, 0.717) is 12.3 Å². The number of rotatable bonds is 4. The molecule has 0 N–H and O–H groups in total. The van der Waals surface area contributed by atoms with Crippen molar-refractivity contribution in [3.63, 3.8) is 0 Å². The summed E-state index contributed by atoms with van der Waals surface area (Å²) in [5.74, 6) is 1.38. The maximum atomic E-state index is 10.4. The minimum atomic E-state index is 0.644. The molecule has 2 rings (SSSR count). The normalized spacial score (nSPS) is 23.3. The average Bonchev–Trinajstić information content (AvgIpc) is 2.46. The Labute approximate surface area is 109 Å². The maximum Gasteiger partial charge on any atom is 0.120 e. The first kappa shape index (κ1) is 12.8. The second kappa shape index (κ2) is 6.35. The van der Waals surface area contributed by atoms with Crippen molar-refractivity contribution in [3.8, 4) is 6.07 Å². The Morgan fingerprint density at radius 2 is 1.83 bits per heavy atom. The smallest absolute Gasteiger partial charge is 0.120 e. The molecule has 0 atom stereocenters. The summed E-state index contributed by atoms with van der Waals surface area (Å²) in [4.78, 5) is 10.4. The molecule has 1 aliphatic carbocycles. The number of hydrogen-bond donors (Lipinski definition) is 0. The lowest BCUT2D eigenvalue weighted by Crippen LogP contribution is -2.13. The molecule has 0 amide bonds. The molecule has 1 aliphatic rings. The Kier molecular flexibility index (Phi) is 4.52. The molecule has 0 aromatic heterocycles. The van der Waals surface area contributed by atoms with Crippen molar-refractivity contribution < 1.29 is 4.79 Å². The Balaban J connectivity index is 1.88. The number of aldehydes is 1. The van der Waals surface area contributed by atoms with Crippen molar-refractivity contribution in [2.75, 3.05) is 0 Å². The quantitative estimate of drug-likeness (QED) is 0.752. The third-order valence-electron chi connectivity index (χ3n) is 4.05. The highest BCUT2D eigenvalue weighted by atomic mass is 16.1. The van der Waals surface area contributed by atoms with Crippen LogP contribution in [0.1, 0.15) is 55.6 Å². The van der Waals surface area contributed by atoms with Crippen molar-refractivity contribution >= 4 is 6.29 Å². The standard InChI is InChI=1S/C16H19NO/c17-12-14-5-9-16(10-6-14)15-7-3-13(4-8-15)2-1-11-18/h5-6,9-11,13,15H,1-4,7-8H2/t13-,15-. The molecule has 0 saturated heterocycles. The zero-order valence-corrected chi connectivity index (χ0v) is 10.6. The number of nitrogens with zero attached hydrogens (tertiary/aromatic N) is 1. The molecule has 1 aromatic carbocycles. The Hall–Kier alpha value is -1.62. The van der Waals surface area contributed by atoms with Gasteiger partial charge in [-0.15, -0.1) is 0 Å². The molecule has 94 valence electrons. The molecule has 1 saturated carbocycles. The van der Waals surface area contributed by atoms with Crippen LogP contribution in [0.4, 0.5) is 0 Å². The van der Waals surface area contributed by atoms with Crippen molar-refractivity contribution in [3.05, 3.63) is 35.4 Å². The molecule has 1 fully saturated rings. The lowest BCUT2D eigenvalue weighted by atomic mass is 9.77. The monoisotopic (exact) mass is 241 g/mol. The van der Waals surface area contributed by atoms with Gasteiger partial charge in [-0.3, -0.25) is 0 Å². The van der Waals surface area contributed by atoms with Crippen molar-refractivity contribution in [1.29, 1.82) is 5.26 Å². The highest BCUT2D eigenvalue weighted by molar-refractivity contribution is 5.49. The van der Waals surface area contributed by atoms with Crippen LogP contribution in [0.5, 0.6) is 0 Å². The zero-order chi connectivity index (χ0) is 12.8. The molecule has 0 spiro atoms. The molecule has 0 radical (unpaired) electrons. The molecule has 0 heterocycles. The van der Waals surface area contributed by atoms with Gasteiger partial charge in [0.2, 0.25) is 0 Å². The topological polar surface area (TPSA) is 40.9 Å². The summed E-state index contributed by atoms with van der Waals surface area (Å²) in [5, 5.41) is 8.78. The lowest BCUT2D eigenvalue weighted by Gasteiger charge is -2.28. The van der Waals surface area contributed by atoms with E-state index in [1.54, 1.807) is 0 Å². The Morgan fingerprint density at radius 3 is 2.39 bits per heavy atom. The third-order valence-corrected chi connectivity index (χ3v) is 4.05. The summed E-state index contributed by atoms with van der Waals surface area (Å²) in [7, 11) is 0. The summed E-state index contributed by atoms with van der Waals surface area (Å²) in [6.45, 7) is 0. The van der Waals surface area contributed by atoms with Gasteiger partial charge in [-0.05, 0) is 61.6 Å². The lowest BCUT2D eigenvalue weighted by molar-refractivity contribution is -0.108. The maximum absolute atomic E-state index is 10.4. The average molecular weight is 241 g/mol. The fraction of sp³-hybridized carbons (Fsp3) is 0.500. The zero-order valence-electron chi connectivity index (χ0n) is 10.6. The first-order chi connectivity index (χ1) is 8.83. The minimum absolute atomic E-state index is 0.644. The van der Waals surface area contributed by atoms with Crippen LogP contribution in [0, 0.1) is 17.2 Å². The van der Waals surface area contributed by atoms with Crippen LogP contribution >= 0.6 is 0 Å². The van der Waals surface area contributed by atoms with E-state index in [4.69, 9.17) is 5.26 Å². The molecule has 18 heavy (non-hydrogen) atoms. The van der Waals surface area contributed by atoms with Gasteiger partial charge >= 0.3 is 0 Å². The SMILES string of the molecule is N#Cc1ccc([C@H]2CC[C@H](CCC=O)CC2)cc1. The van der Waals surface area contributed by atoms with Gasteiger partial charge in [0.05, 0.1) is 11.6 Å². The fourth-order valence-corrected chi connectivity index (χ4v) is 2.92. The van der Waals surface area contributed by atoms with E-state index < -0.39 is 0 Å². The second-order valence-electron chi connectivity index (χ2n) is 5.20. The molecular weight excluding hydrogens is 222 g/mol. The van der Waals surface area contributed by atoms with Crippen LogP contribution < -0.4 is 0 Å². The minimum Gasteiger partial charge on any atom is -0.303 e. The highest BCUT2D eigenvalue weighted by Crippen LogP contribution is 2.37. The van der Waals surface area contributed by atoms with Crippen LogP contribution in [0.2, 0.25) is 0 Å². The predicted octanol–water partition coefficient (Wildman–Crippen LogP) is 3.81. The van der Waals surface area contributed by atoms with Gasteiger partial charge in [0.15, 0.2) is 0 Å². The largest absolute Gasteiger partial charge is 0.303 e. The van der Waals surface area contributed by atoms with E-state index in [1.165, 1.54) is 31.2 Å². The van der Waals surface area contributed by atoms with E-state index in [1.807, 2.05) is 12.1 Å². The summed E-state index contributed by atoms with van der Waals surface area (Å²) >= 11 is 0. The first-order valence-corrected chi connectivity index (χ1v) is 6.77. The van der Waals surface area contributed by atoms with Crippen LogP contribution in [-0.4, -0.2) is 6.29 Å². The van der Waals surface area contributed by atoms with E-state index in [2.05, 4.69) is 18.2 Å². The van der Waals surface area contributed by atoms with E-state index in [9.17, 15) is 4.79 Å². The highest BCUT2D eigenvalue weighted by Gasteiger charge is 2.21. The van der Waals surface area contributed by atoms with Crippen molar-refractivity contribution in [2.24, 2.45) is 5.92 Å². The summed E-state index contributed by atoms with van der Waals surface area (Å²) in [6, 6.07) is 10.2. The van der Waals surface area contributed by atoms with Crippen LogP contribution in [-0.2, 0) is 4.79 Å². The van der Waals surface area contributed by atoms with Gasteiger partial charge in [-0.1, -0.05) is 12.1 Å². The fourth-order valence-electron chi connectivity index (χ4n) is 2.92. The second-order valence-corrected chi connectivity index (χ2v) is 5.20. The summed E-state index contributed by atoms with van der Waals surface area (Å²) < 4.78 is 0. The molecule has 0 bridgehead atoms. The molecule has 0 aliphatic heterocycles. The molecule has 2 heteroatoms. The number of benzene rings is 1.